The molecule has 5 aliphatic rings. The summed E-state index contributed by atoms with van der Waals surface area (Å²) in [6.07, 6.45) is 9.18. The molecule has 0 unspecified atom stereocenters. The van der Waals surface area contributed by atoms with Crippen LogP contribution in [-0.2, 0) is 28.8 Å². The SMILES string of the molecule is CCC[C@H](CC(=O)[C@@H]1C[C@@]2(CN1C(=O)[C@@H](CC(=O)C[C@H](CN1CCC(C)(C)CC1=O)C(C)(C)C)C(C)(C)C)C(C)(C)C21CCC1)C(=O)C(=O)CC1CC1. The number of amides is 2. The molecule has 2 spiro atoms. The van der Waals surface area contributed by atoms with Gasteiger partial charge in [0, 0.05) is 69.0 Å². The molecule has 2 amide bonds. The number of ketones is 4. The normalized spacial score (nSPS) is 27.7. The molecule has 5 fully saturated rings. The van der Waals surface area contributed by atoms with E-state index in [1.807, 2.05) is 37.5 Å². The van der Waals surface area contributed by atoms with E-state index >= 15 is 4.79 Å². The number of rotatable bonds is 16. The Bertz CT molecular complexity index is 1470. The maximum absolute atomic E-state index is 15.0. The van der Waals surface area contributed by atoms with E-state index in [0.29, 0.717) is 51.2 Å². The summed E-state index contributed by atoms with van der Waals surface area (Å²) >= 11 is 0. The van der Waals surface area contributed by atoms with Gasteiger partial charge in [0.05, 0.1) is 6.04 Å². The molecule has 2 aliphatic heterocycles. The zero-order chi connectivity index (χ0) is 39.5. The predicted octanol–water partition coefficient (Wildman–Crippen LogP) is 8.42. The van der Waals surface area contributed by atoms with Crippen LogP contribution in [0.15, 0.2) is 0 Å². The Labute approximate surface area is 320 Å². The van der Waals surface area contributed by atoms with E-state index in [-0.39, 0.29) is 87.8 Å². The summed E-state index contributed by atoms with van der Waals surface area (Å²) in [4.78, 5) is 86.9. The fraction of sp³-hybridized carbons (Fsp3) is 0.867. The molecule has 3 aliphatic carbocycles. The van der Waals surface area contributed by atoms with E-state index in [0.717, 1.165) is 38.5 Å². The van der Waals surface area contributed by atoms with Crippen molar-refractivity contribution in [1.29, 1.82) is 0 Å². The fourth-order valence-corrected chi connectivity index (χ4v) is 10.9. The average molecular weight is 737 g/mol. The third-order valence-corrected chi connectivity index (χ3v) is 15.3. The summed E-state index contributed by atoms with van der Waals surface area (Å²) in [6.45, 7) is 25.0. The van der Waals surface area contributed by atoms with Gasteiger partial charge >= 0.3 is 0 Å². The second-order valence-electron chi connectivity index (χ2n) is 21.8. The van der Waals surface area contributed by atoms with Crippen LogP contribution < -0.4 is 0 Å². The first kappa shape index (κ1) is 41.8. The Kier molecular flexibility index (Phi) is 11.5. The molecule has 0 bridgehead atoms. The number of hydrogen-bond donors (Lipinski definition) is 0. The lowest BCUT2D eigenvalue weighted by atomic mass is 9.73. The third-order valence-electron chi connectivity index (χ3n) is 15.3. The first-order chi connectivity index (χ1) is 24.4. The molecule has 8 heteroatoms. The number of carbonyl (C=O) groups excluding carboxylic acids is 6. The van der Waals surface area contributed by atoms with Crippen molar-refractivity contribution >= 4 is 34.9 Å². The maximum Gasteiger partial charge on any atom is 0.227 e. The number of piperidine rings is 1. The van der Waals surface area contributed by atoms with Gasteiger partial charge in [-0.3, -0.25) is 28.8 Å². The Balaban J connectivity index is 1.36. The summed E-state index contributed by atoms with van der Waals surface area (Å²) in [6, 6.07) is -0.663. The molecule has 298 valence electrons. The smallest absolute Gasteiger partial charge is 0.227 e. The molecule has 0 aromatic heterocycles. The Hall–Kier alpha value is -2.38. The minimum absolute atomic E-state index is 0.0117. The van der Waals surface area contributed by atoms with Crippen LogP contribution in [0.3, 0.4) is 0 Å². The highest BCUT2D eigenvalue weighted by Crippen LogP contribution is 2.88. The molecule has 0 radical (unpaired) electrons. The summed E-state index contributed by atoms with van der Waals surface area (Å²) in [5, 5.41) is 0. The van der Waals surface area contributed by atoms with Gasteiger partial charge in [-0.2, -0.15) is 0 Å². The van der Waals surface area contributed by atoms with Gasteiger partial charge < -0.3 is 9.80 Å². The van der Waals surface area contributed by atoms with Gasteiger partial charge in [-0.1, -0.05) is 89.0 Å². The van der Waals surface area contributed by atoms with Crippen molar-refractivity contribution in [2.45, 2.75) is 172 Å². The highest BCUT2D eigenvalue weighted by Gasteiger charge is 2.85. The van der Waals surface area contributed by atoms with Crippen LogP contribution in [0, 0.1) is 56.2 Å². The third kappa shape index (κ3) is 8.13. The van der Waals surface area contributed by atoms with Crippen LogP contribution >= 0.6 is 0 Å². The van der Waals surface area contributed by atoms with Crippen molar-refractivity contribution in [3.05, 3.63) is 0 Å². The minimum atomic E-state index is -0.663. The van der Waals surface area contributed by atoms with Crippen LogP contribution in [0.1, 0.15) is 166 Å². The number of nitrogens with zero attached hydrogens (tertiary/aromatic N) is 2. The molecule has 0 aromatic carbocycles. The second-order valence-corrected chi connectivity index (χ2v) is 21.8. The second kappa shape index (κ2) is 14.6. The lowest BCUT2D eigenvalue weighted by Crippen LogP contribution is -2.48. The average Bonchev–Trinajstić information content (AvgIpc) is 3.83. The minimum Gasteiger partial charge on any atom is -0.342 e. The van der Waals surface area contributed by atoms with Gasteiger partial charge in [0.2, 0.25) is 17.6 Å². The zero-order valence-corrected chi connectivity index (χ0v) is 35.3. The van der Waals surface area contributed by atoms with Crippen molar-refractivity contribution in [2.24, 2.45) is 56.2 Å². The Morgan fingerprint density at radius 1 is 0.849 bits per heavy atom. The van der Waals surface area contributed by atoms with Gasteiger partial charge in [-0.15, -0.1) is 0 Å². The Morgan fingerprint density at radius 2 is 1.49 bits per heavy atom. The molecule has 3 saturated carbocycles. The van der Waals surface area contributed by atoms with Crippen molar-refractivity contribution in [2.75, 3.05) is 19.6 Å². The highest BCUT2D eigenvalue weighted by atomic mass is 16.2. The van der Waals surface area contributed by atoms with Crippen LogP contribution in [-0.4, -0.2) is 70.4 Å². The first-order valence-electron chi connectivity index (χ1n) is 21.1. The van der Waals surface area contributed by atoms with Crippen molar-refractivity contribution < 1.29 is 28.8 Å². The van der Waals surface area contributed by atoms with Gasteiger partial charge in [0.15, 0.2) is 11.6 Å². The molecule has 53 heavy (non-hydrogen) atoms. The van der Waals surface area contributed by atoms with Crippen molar-refractivity contribution in [3.63, 3.8) is 0 Å². The molecule has 8 nitrogen and oxygen atoms in total. The molecular weight excluding hydrogens is 665 g/mol. The van der Waals surface area contributed by atoms with Crippen LogP contribution in [0.5, 0.6) is 0 Å². The monoisotopic (exact) mass is 737 g/mol. The van der Waals surface area contributed by atoms with Crippen LogP contribution in [0.25, 0.3) is 0 Å². The van der Waals surface area contributed by atoms with Crippen LogP contribution in [0.2, 0.25) is 0 Å². The summed E-state index contributed by atoms with van der Waals surface area (Å²) in [5.41, 5.74) is -0.837. The molecule has 2 heterocycles. The van der Waals surface area contributed by atoms with E-state index < -0.39 is 29.1 Å². The van der Waals surface area contributed by atoms with Crippen LogP contribution in [0.4, 0.5) is 0 Å². The standard InChI is InChI=1S/C45H72N2O6/c1-12-14-30(38(52)36(50)21-29-15-16-29)22-35(49)34-25-45(43(10,11)44(45)17-13-18-44)28-47(34)39(53)33(41(5,6)7)24-32(48)23-31(40(2,3)4)27-46-20-19-42(8,9)26-37(46)51/h29-31,33-34H,12-28H2,1-11H3/t30-,31-,33-,34+,45-/m1/s1. The number of fused-ring (bicyclic) bond motifs is 1. The van der Waals surface area contributed by atoms with Crippen molar-refractivity contribution in [3.8, 4) is 0 Å². The zero-order valence-electron chi connectivity index (χ0n) is 35.3. The predicted molar refractivity (Wildman–Crippen MR) is 208 cm³/mol. The summed E-state index contributed by atoms with van der Waals surface area (Å²) in [5.74, 6) is -1.87. The number of likely N-dealkylation sites (tertiary alicyclic amines) is 2. The largest absolute Gasteiger partial charge is 0.342 e. The van der Waals surface area contributed by atoms with Gasteiger partial charge in [-0.05, 0) is 83.9 Å². The number of Topliss-reactive ketones (excluding diaryl/α,β-unsaturated/α-hetero) is 4. The maximum atomic E-state index is 15.0. The quantitative estimate of drug-likeness (QED) is 0.147. The molecular formula is C45H72N2O6. The number of carbonyl (C=O) groups is 6. The topological polar surface area (TPSA) is 109 Å². The lowest BCUT2D eigenvalue weighted by Gasteiger charge is -2.41. The highest BCUT2D eigenvalue weighted by molar-refractivity contribution is 6.38. The molecule has 5 atom stereocenters. The fourth-order valence-electron chi connectivity index (χ4n) is 10.9. The van der Waals surface area contributed by atoms with E-state index in [1.54, 1.807) is 0 Å². The lowest BCUT2D eigenvalue weighted by molar-refractivity contribution is -0.147. The van der Waals surface area contributed by atoms with Gasteiger partial charge in [0.1, 0.15) is 5.78 Å². The van der Waals surface area contributed by atoms with E-state index in [4.69, 9.17) is 0 Å². The molecule has 5 rings (SSSR count). The van der Waals surface area contributed by atoms with E-state index in [2.05, 4.69) is 48.5 Å². The molecule has 0 N–H and O–H groups in total. The molecule has 0 aromatic rings. The van der Waals surface area contributed by atoms with Gasteiger partial charge in [-0.25, -0.2) is 0 Å². The van der Waals surface area contributed by atoms with E-state index in [1.165, 1.54) is 0 Å². The van der Waals surface area contributed by atoms with Gasteiger partial charge in [0.25, 0.3) is 0 Å². The summed E-state index contributed by atoms with van der Waals surface area (Å²) < 4.78 is 0. The summed E-state index contributed by atoms with van der Waals surface area (Å²) in [7, 11) is 0. The Morgan fingerprint density at radius 3 is 1.98 bits per heavy atom. The number of hydrogen-bond acceptors (Lipinski definition) is 6. The first-order valence-corrected chi connectivity index (χ1v) is 21.1. The van der Waals surface area contributed by atoms with E-state index in [9.17, 15) is 24.0 Å². The van der Waals surface area contributed by atoms with Crippen molar-refractivity contribution in [1.82, 2.24) is 9.80 Å². The molecule has 2 saturated heterocycles.